The number of nitrogens with one attached hydrogen (secondary N) is 2. The van der Waals surface area contributed by atoms with Crippen LogP contribution in [0.25, 0.3) is 0 Å². The first-order chi connectivity index (χ1) is 10.4. The molecule has 0 saturated carbocycles. The number of nitrogens with zero attached hydrogens (tertiary/aromatic N) is 1. The first-order valence-electron chi connectivity index (χ1n) is 6.70. The molecule has 2 aromatic rings. The monoisotopic (exact) mass is 303 g/mol. The Balaban J connectivity index is 2.13. The summed E-state index contributed by atoms with van der Waals surface area (Å²) in [6.45, 7) is 3.58. The van der Waals surface area contributed by atoms with Gasteiger partial charge < -0.3 is 15.5 Å². The summed E-state index contributed by atoms with van der Waals surface area (Å²) < 4.78 is 0. The van der Waals surface area contributed by atoms with E-state index in [1.165, 1.54) is 24.3 Å². The number of carboxylic acids is 1. The number of H-pyrrole nitrogens is 1. The van der Waals surface area contributed by atoms with Gasteiger partial charge in [0.1, 0.15) is 5.75 Å². The number of hydrogen-bond donors (Lipinski definition) is 4. The van der Waals surface area contributed by atoms with Crippen LogP contribution < -0.4 is 5.32 Å². The van der Waals surface area contributed by atoms with Crippen molar-refractivity contribution in [3.05, 3.63) is 46.8 Å². The third kappa shape index (κ3) is 3.43. The van der Waals surface area contributed by atoms with E-state index in [0.717, 1.165) is 11.3 Å². The molecular formula is C15H17N3O4. The minimum absolute atomic E-state index is 0.0314. The zero-order valence-corrected chi connectivity index (χ0v) is 12.3. The Kier molecular flexibility index (Phi) is 4.45. The SMILES string of the molecule is Cc1n[nH]c(C)c1CC(=O)N[C@@H](C(=O)O)c1ccc(O)cc1. The van der Waals surface area contributed by atoms with Crippen LogP contribution in [0.2, 0.25) is 0 Å². The van der Waals surface area contributed by atoms with Gasteiger partial charge in [-0.15, -0.1) is 0 Å². The number of aromatic hydroxyl groups is 1. The van der Waals surface area contributed by atoms with Crippen LogP contribution in [-0.2, 0) is 16.0 Å². The highest BCUT2D eigenvalue weighted by Gasteiger charge is 2.23. The van der Waals surface area contributed by atoms with Crippen molar-refractivity contribution in [3.8, 4) is 5.75 Å². The van der Waals surface area contributed by atoms with Gasteiger partial charge >= 0.3 is 5.97 Å². The molecule has 7 heteroatoms. The van der Waals surface area contributed by atoms with E-state index in [1.807, 2.05) is 0 Å². The molecule has 0 aliphatic heterocycles. The number of carbonyl (C=O) groups excluding carboxylic acids is 1. The van der Waals surface area contributed by atoms with Crippen LogP contribution in [-0.4, -0.2) is 32.3 Å². The van der Waals surface area contributed by atoms with E-state index >= 15 is 0 Å². The molecule has 0 fully saturated rings. The average Bonchev–Trinajstić information content (AvgIpc) is 2.77. The fourth-order valence-electron chi connectivity index (χ4n) is 2.16. The number of phenolic OH excluding ortho intramolecular Hbond substituents is 1. The van der Waals surface area contributed by atoms with Crippen molar-refractivity contribution in [1.82, 2.24) is 15.5 Å². The van der Waals surface area contributed by atoms with Crippen molar-refractivity contribution in [2.75, 3.05) is 0 Å². The second kappa shape index (κ2) is 6.30. The third-order valence-corrected chi connectivity index (χ3v) is 3.40. The smallest absolute Gasteiger partial charge is 0.330 e. The molecule has 7 nitrogen and oxygen atoms in total. The van der Waals surface area contributed by atoms with E-state index in [-0.39, 0.29) is 12.2 Å². The lowest BCUT2D eigenvalue weighted by atomic mass is 10.1. The van der Waals surface area contributed by atoms with Crippen LogP contribution in [0.15, 0.2) is 24.3 Å². The number of aryl methyl sites for hydroxylation is 2. The van der Waals surface area contributed by atoms with Gasteiger partial charge in [0.25, 0.3) is 0 Å². The second-order valence-electron chi connectivity index (χ2n) is 5.02. The summed E-state index contributed by atoms with van der Waals surface area (Å²) in [6, 6.07) is 4.51. The normalized spacial score (nSPS) is 11.9. The molecule has 116 valence electrons. The zero-order chi connectivity index (χ0) is 16.3. The minimum Gasteiger partial charge on any atom is -0.508 e. The van der Waals surface area contributed by atoms with E-state index < -0.39 is 17.9 Å². The Bertz CT molecular complexity index is 672. The summed E-state index contributed by atoms with van der Waals surface area (Å²) in [5.74, 6) is -1.54. The largest absolute Gasteiger partial charge is 0.508 e. The number of carboxylic acid groups (broad SMARTS) is 1. The molecular weight excluding hydrogens is 286 g/mol. The molecule has 1 amide bonds. The average molecular weight is 303 g/mol. The van der Waals surface area contributed by atoms with Crippen LogP contribution in [0.4, 0.5) is 0 Å². The molecule has 1 aromatic heterocycles. The first kappa shape index (κ1) is 15.6. The highest BCUT2D eigenvalue weighted by Crippen LogP contribution is 2.18. The molecule has 0 aliphatic carbocycles. The zero-order valence-electron chi connectivity index (χ0n) is 12.3. The van der Waals surface area contributed by atoms with Crippen LogP contribution in [0.1, 0.15) is 28.6 Å². The van der Waals surface area contributed by atoms with E-state index in [0.29, 0.717) is 11.3 Å². The Morgan fingerprint density at radius 3 is 2.41 bits per heavy atom. The molecule has 2 rings (SSSR count). The second-order valence-corrected chi connectivity index (χ2v) is 5.02. The Morgan fingerprint density at radius 1 is 1.27 bits per heavy atom. The van der Waals surface area contributed by atoms with Gasteiger partial charge in [0, 0.05) is 11.3 Å². The van der Waals surface area contributed by atoms with E-state index in [1.54, 1.807) is 13.8 Å². The molecule has 1 atom stereocenters. The lowest BCUT2D eigenvalue weighted by Crippen LogP contribution is -2.34. The standard InChI is InChI=1S/C15H17N3O4/c1-8-12(9(2)18-17-8)7-13(20)16-14(15(21)22)10-3-5-11(19)6-4-10/h3-6,14,19H,7H2,1-2H3,(H,16,20)(H,17,18)(H,21,22)/t14-/m1/s1. The molecule has 0 aliphatic rings. The number of carbonyl (C=O) groups is 2. The van der Waals surface area contributed by atoms with Gasteiger partial charge in [-0.1, -0.05) is 12.1 Å². The van der Waals surface area contributed by atoms with Crippen LogP contribution in [0.3, 0.4) is 0 Å². The molecule has 1 heterocycles. The number of aliphatic carboxylic acids is 1. The van der Waals surface area contributed by atoms with Gasteiger partial charge in [0.05, 0.1) is 12.1 Å². The maximum absolute atomic E-state index is 12.1. The number of phenols is 1. The van der Waals surface area contributed by atoms with Crippen molar-refractivity contribution >= 4 is 11.9 Å². The van der Waals surface area contributed by atoms with Crippen molar-refractivity contribution in [2.45, 2.75) is 26.3 Å². The Hall–Kier alpha value is -2.83. The Labute approximate surface area is 127 Å². The number of aromatic nitrogens is 2. The quantitative estimate of drug-likeness (QED) is 0.663. The van der Waals surface area contributed by atoms with Gasteiger partial charge in [0.15, 0.2) is 6.04 Å². The highest BCUT2D eigenvalue weighted by atomic mass is 16.4. The molecule has 0 bridgehead atoms. The highest BCUT2D eigenvalue weighted by molar-refractivity contribution is 5.86. The summed E-state index contributed by atoms with van der Waals surface area (Å²) in [7, 11) is 0. The first-order valence-corrected chi connectivity index (χ1v) is 6.70. The third-order valence-electron chi connectivity index (χ3n) is 3.40. The maximum Gasteiger partial charge on any atom is 0.330 e. The summed E-state index contributed by atoms with van der Waals surface area (Å²) >= 11 is 0. The van der Waals surface area contributed by atoms with Gasteiger partial charge in [-0.05, 0) is 31.5 Å². The molecule has 4 N–H and O–H groups in total. The van der Waals surface area contributed by atoms with E-state index in [4.69, 9.17) is 0 Å². The molecule has 0 radical (unpaired) electrons. The fourth-order valence-corrected chi connectivity index (χ4v) is 2.16. The van der Waals surface area contributed by atoms with Gasteiger partial charge in [-0.25, -0.2) is 4.79 Å². The summed E-state index contributed by atoms with van der Waals surface area (Å²) in [5.41, 5.74) is 2.64. The van der Waals surface area contributed by atoms with Gasteiger partial charge in [-0.2, -0.15) is 5.10 Å². The number of hydrogen-bond acceptors (Lipinski definition) is 4. The lowest BCUT2D eigenvalue weighted by Gasteiger charge is -2.15. The van der Waals surface area contributed by atoms with E-state index in [2.05, 4.69) is 15.5 Å². The van der Waals surface area contributed by atoms with Crippen LogP contribution in [0, 0.1) is 13.8 Å². The predicted molar refractivity (Wildman–Crippen MR) is 78.4 cm³/mol. The summed E-state index contributed by atoms with van der Waals surface area (Å²) in [4.78, 5) is 23.5. The minimum atomic E-state index is -1.17. The molecule has 22 heavy (non-hydrogen) atoms. The van der Waals surface area contributed by atoms with Crippen molar-refractivity contribution in [2.24, 2.45) is 0 Å². The Morgan fingerprint density at radius 2 is 1.91 bits per heavy atom. The number of benzene rings is 1. The summed E-state index contributed by atoms with van der Waals surface area (Å²) in [6.07, 6.45) is 0.0516. The topological polar surface area (TPSA) is 115 Å². The molecule has 0 saturated heterocycles. The van der Waals surface area contributed by atoms with Crippen LogP contribution >= 0.6 is 0 Å². The maximum atomic E-state index is 12.1. The summed E-state index contributed by atoms with van der Waals surface area (Å²) in [5, 5.41) is 27.8. The van der Waals surface area contributed by atoms with Crippen molar-refractivity contribution in [3.63, 3.8) is 0 Å². The predicted octanol–water partition coefficient (Wildman–Crippen LogP) is 1.22. The van der Waals surface area contributed by atoms with Gasteiger partial charge in [0.2, 0.25) is 5.91 Å². The molecule has 1 aromatic carbocycles. The molecule has 0 unspecified atom stereocenters. The fraction of sp³-hybridized carbons (Fsp3) is 0.267. The van der Waals surface area contributed by atoms with E-state index in [9.17, 15) is 19.8 Å². The number of aromatic amines is 1. The van der Waals surface area contributed by atoms with Gasteiger partial charge in [-0.3, -0.25) is 9.89 Å². The lowest BCUT2D eigenvalue weighted by molar-refractivity contribution is -0.141. The molecule has 0 spiro atoms. The number of rotatable bonds is 5. The van der Waals surface area contributed by atoms with Crippen molar-refractivity contribution < 1.29 is 19.8 Å². The number of amides is 1. The van der Waals surface area contributed by atoms with Crippen molar-refractivity contribution in [1.29, 1.82) is 0 Å². The van der Waals surface area contributed by atoms with Crippen LogP contribution in [0.5, 0.6) is 5.75 Å².